The van der Waals surface area contributed by atoms with Crippen molar-refractivity contribution in [3.8, 4) is 5.75 Å². The first kappa shape index (κ1) is 12.4. The average molecular weight is 263 g/mol. The Morgan fingerprint density at radius 1 is 1.06 bits per heavy atom. The normalized spacial score (nSPS) is 11.2. The topological polar surface area (TPSA) is 66.4 Å². The molecule has 0 fully saturated rings. The highest BCUT2D eigenvalue weighted by Gasteiger charge is 2.16. The molecule has 2 N–H and O–H groups in total. The number of rotatable bonds is 3. The zero-order valence-corrected chi connectivity index (χ0v) is 10.6. The van der Waals surface area contributed by atoms with Gasteiger partial charge >= 0.3 is 0 Å². The van der Waals surface area contributed by atoms with Crippen LogP contribution in [0.15, 0.2) is 53.4 Å². The minimum absolute atomic E-state index is 0.0139. The second kappa shape index (κ2) is 4.70. The molecule has 0 aliphatic rings. The number of hydrogen-bond acceptors (Lipinski definition) is 3. The molecule has 0 bridgehead atoms. The molecule has 94 valence electrons. The van der Waals surface area contributed by atoms with Crippen LogP contribution in [0, 0.1) is 6.92 Å². The van der Waals surface area contributed by atoms with E-state index in [2.05, 4.69) is 4.72 Å². The summed E-state index contributed by atoms with van der Waals surface area (Å²) in [7, 11) is -3.62. The molecular weight excluding hydrogens is 250 g/mol. The predicted molar refractivity (Wildman–Crippen MR) is 70.1 cm³/mol. The minimum Gasteiger partial charge on any atom is -0.508 e. The van der Waals surface area contributed by atoms with Crippen LogP contribution >= 0.6 is 0 Å². The van der Waals surface area contributed by atoms with Gasteiger partial charge in [-0.05, 0) is 30.7 Å². The fraction of sp³-hybridized carbons (Fsp3) is 0.0769. The van der Waals surface area contributed by atoms with Crippen LogP contribution in [0.5, 0.6) is 5.75 Å². The third-order valence-corrected chi connectivity index (χ3v) is 4.02. The van der Waals surface area contributed by atoms with Crippen molar-refractivity contribution < 1.29 is 13.5 Å². The van der Waals surface area contributed by atoms with Gasteiger partial charge in [-0.25, -0.2) is 8.42 Å². The van der Waals surface area contributed by atoms with Crippen molar-refractivity contribution in [1.29, 1.82) is 0 Å². The second-order valence-corrected chi connectivity index (χ2v) is 5.57. The summed E-state index contributed by atoms with van der Waals surface area (Å²) in [4.78, 5) is 0.230. The Bertz CT molecular complexity index is 665. The number of phenolic OH excluding ortho intramolecular Hbond substituents is 1. The molecular formula is C13H13NO3S. The quantitative estimate of drug-likeness (QED) is 0.894. The van der Waals surface area contributed by atoms with Gasteiger partial charge in [0.1, 0.15) is 5.75 Å². The fourth-order valence-corrected chi connectivity index (χ4v) is 2.93. The van der Waals surface area contributed by atoms with E-state index in [1.165, 1.54) is 12.1 Å². The van der Waals surface area contributed by atoms with Crippen molar-refractivity contribution in [2.24, 2.45) is 0 Å². The van der Waals surface area contributed by atoms with Gasteiger partial charge in [0.25, 0.3) is 10.0 Å². The molecule has 0 saturated carbocycles. The standard InChI is InChI=1S/C13H13NO3S/c1-10-5-2-3-8-13(10)18(16,17)14-11-6-4-7-12(15)9-11/h2-9,14-15H,1H3. The van der Waals surface area contributed by atoms with Crippen LogP contribution < -0.4 is 4.72 Å². The van der Waals surface area contributed by atoms with Gasteiger partial charge in [0.15, 0.2) is 0 Å². The van der Waals surface area contributed by atoms with E-state index in [1.807, 2.05) is 0 Å². The Kier molecular flexibility index (Phi) is 3.25. The molecule has 5 heteroatoms. The Labute approximate surface area is 106 Å². The van der Waals surface area contributed by atoms with E-state index < -0.39 is 10.0 Å². The van der Waals surface area contributed by atoms with E-state index in [0.717, 1.165) is 0 Å². The summed E-state index contributed by atoms with van der Waals surface area (Å²) in [5.74, 6) is 0.0139. The highest BCUT2D eigenvalue weighted by molar-refractivity contribution is 7.92. The highest BCUT2D eigenvalue weighted by atomic mass is 32.2. The lowest BCUT2D eigenvalue weighted by atomic mass is 10.2. The average Bonchev–Trinajstić information content (AvgIpc) is 2.28. The number of anilines is 1. The summed E-state index contributed by atoms with van der Waals surface area (Å²) in [5.41, 5.74) is 1.00. The first-order chi connectivity index (χ1) is 8.49. The van der Waals surface area contributed by atoms with E-state index in [9.17, 15) is 13.5 Å². The number of aromatic hydroxyl groups is 1. The molecule has 18 heavy (non-hydrogen) atoms. The van der Waals surface area contributed by atoms with Crippen molar-refractivity contribution in [2.75, 3.05) is 4.72 Å². The molecule has 2 aromatic rings. The minimum atomic E-state index is -3.62. The smallest absolute Gasteiger partial charge is 0.262 e. The molecule has 0 atom stereocenters. The number of hydrogen-bond donors (Lipinski definition) is 2. The van der Waals surface area contributed by atoms with Crippen molar-refractivity contribution >= 4 is 15.7 Å². The molecule has 2 aromatic carbocycles. The monoisotopic (exact) mass is 263 g/mol. The Hall–Kier alpha value is -2.01. The molecule has 2 rings (SSSR count). The van der Waals surface area contributed by atoms with Gasteiger partial charge < -0.3 is 5.11 Å². The van der Waals surface area contributed by atoms with Gasteiger partial charge in [-0.3, -0.25) is 4.72 Å². The number of nitrogens with one attached hydrogen (secondary N) is 1. The number of sulfonamides is 1. The van der Waals surface area contributed by atoms with E-state index >= 15 is 0 Å². The maximum atomic E-state index is 12.1. The van der Waals surface area contributed by atoms with Gasteiger partial charge in [-0.2, -0.15) is 0 Å². The van der Waals surface area contributed by atoms with Gasteiger partial charge in [-0.1, -0.05) is 24.3 Å². The highest BCUT2D eigenvalue weighted by Crippen LogP contribution is 2.21. The Morgan fingerprint density at radius 2 is 1.78 bits per heavy atom. The van der Waals surface area contributed by atoms with Crippen LogP contribution in [-0.4, -0.2) is 13.5 Å². The molecule has 0 aromatic heterocycles. The lowest BCUT2D eigenvalue weighted by Gasteiger charge is -2.10. The summed E-state index contributed by atoms with van der Waals surface area (Å²) in [6.45, 7) is 1.73. The third kappa shape index (κ3) is 2.62. The number of aryl methyl sites for hydroxylation is 1. The van der Waals surface area contributed by atoms with E-state index in [1.54, 1.807) is 43.3 Å². The van der Waals surface area contributed by atoms with Crippen molar-refractivity contribution in [2.45, 2.75) is 11.8 Å². The van der Waals surface area contributed by atoms with Gasteiger partial charge in [0.2, 0.25) is 0 Å². The maximum Gasteiger partial charge on any atom is 0.262 e. The zero-order chi connectivity index (χ0) is 13.2. The molecule has 0 amide bonds. The van der Waals surface area contributed by atoms with Crippen LogP contribution in [0.1, 0.15) is 5.56 Å². The largest absolute Gasteiger partial charge is 0.508 e. The second-order valence-electron chi connectivity index (χ2n) is 3.92. The van der Waals surface area contributed by atoms with Crippen LogP contribution in [0.25, 0.3) is 0 Å². The molecule has 0 heterocycles. The molecule has 4 nitrogen and oxygen atoms in total. The van der Waals surface area contributed by atoms with Crippen LogP contribution in [-0.2, 0) is 10.0 Å². The summed E-state index contributed by atoms with van der Waals surface area (Å²) in [6.07, 6.45) is 0. The number of benzene rings is 2. The molecule has 0 saturated heterocycles. The van der Waals surface area contributed by atoms with E-state index in [-0.39, 0.29) is 10.6 Å². The van der Waals surface area contributed by atoms with Crippen molar-refractivity contribution in [3.63, 3.8) is 0 Å². The third-order valence-electron chi connectivity index (χ3n) is 2.48. The molecule has 0 unspecified atom stereocenters. The zero-order valence-electron chi connectivity index (χ0n) is 9.79. The van der Waals surface area contributed by atoms with E-state index in [0.29, 0.717) is 11.3 Å². The van der Waals surface area contributed by atoms with Crippen LogP contribution in [0.3, 0.4) is 0 Å². The van der Waals surface area contributed by atoms with Gasteiger partial charge in [-0.15, -0.1) is 0 Å². The van der Waals surface area contributed by atoms with Crippen LogP contribution in [0.4, 0.5) is 5.69 Å². The van der Waals surface area contributed by atoms with Crippen molar-refractivity contribution in [1.82, 2.24) is 0 Å². The van der Waals surface area contributed by atoms with Gasteiger partial charge in [0.05, 0.1) is 10.6 Å². The SMILES string of the molecule is Cc1ccccc1S(=O)(=O)Nc1cccc(O)c1. The summed E-state index contributed by atoms with van der Waals surface area (Å²) >= 11 is 0. The molecule has 0 aliphatic heterocycles. The van der Waals surface area contributed by atoms with Crippen molar-refractivity contribution in [3.05, 3.63) is 54.1 Å². The van der Waals surface area contributed by atoms with E-state index in [4.69, 9.17) is 0 Å². The molecule has 0 aliphatic carbocycles. The molecule has 0 spiro atoms. The first-order valence-corrected chi connectivity index (χ1v) is 6.85. The summed E-state index contributed by atoms with van der Waals surface area (Å²) in [5, 5.41) is 9.30. The number of phenols is 1. The lowest BCUT2D eigenvalue weighted by Crippen LogP contribution is -2.14. The first-order valence-electron chi connectivity index (χ1n) is 5.36. The lowest BCUT2D eigenvalue weighted by molar-refractivity contribution is 0.475. The Balaban J connectivity index is 2.37. The maximum absolute atomic E-state index is 12.1. The van der Waals surface area contributed by atoms with Crippen LogP contribution in [0.2, 0.25) is 0 Å². The summed E-state index contributed by atoms with van der Waals surface area (Å²) < 4.78 is 26.7. The Morgan fingerprint density at radius 3 is 2.44 bits per heavy atom. The van der Waals surface area contributed by atoms with Gasteiger partial charge in [0, 0.05) is 6.07 Å². The molecule has 0 radical (unpaired) electrons. The fourth-order valence-electron chi connectivity index (χ4n) is 1.64. The predicted octanol–water partition coefficient (Wildman–Crippen LogP) is 2.50. The summed E-state index contributed by atoms with van der Waals surface area (Å²) in [6, 6.07) is 12.7.